The van der Waals surface area contributed by atoms with Gasteiger partial charge in [0.2, 0.25) is 5.91 Å². The first-order chi connectivity index (χ1) is 15.5. The maximum absolute atomic E-state index is 12.9. The average molecular weight is 450 g/mol. The van der Waals surface area contributed by atoms with Crippen molar-refractivity contribution in [2.45, 2.75) is 25.3 Å². The Morgan fingerprint density at radius 3 is 2.62 bits per heavy atom. The minimum absolute atomic E-state index is 0.0138. The first kappa shape index (κ1) is 20.8. The van der Waals surface area contributed by atoms with Gasteiger partial charge >= 0.3 is 0 Å². The maximum atomic E-state index is 12.9. The summed E-state index contributed by atoms with van der Waals surface area (Å²) in [6, 6.07) is 14.7. The summed E-state index contributed by atoms with van der Waals surface area (Å²) in [4.78, 5) is 53.6. The molecule has 2 atom stereocenters. The minimum atomic E-state index is -0.347. The fraction of sp³-hybridized carbons (Fsp3) is 0.333. The van der Waals surface area contributed by atoms with Crippen molar-refractivity contribution >= 4 is 34.9 Å². The maximum Gasteiger partial charge on any atom is 0.293 e. The molecule has 7 nitrogen and oxygen atoms in total. The Kier molecular flexibility index (Phi) is 5.46. The van der Waals surface area contributed by atoms with Crippen LogP contribution in [0.5, 0.6) is 0 Å². The van der Waals surface area contributed by atoms with E-state index in [9.17, 15) is 19.2 Å². The van der Waals surface area contributed by atoms with Crippen molar-refractivity contribution in [3.8, 4) is 0 Å². The molecular weight excluding hydrogens is 426 g/mol. The summed E-state index contributed by atoms with van der Waals surface area (Å²) >= 11 is 0.912. The van der Waals surface area contributed by atoms with Gasteiger partial charge in [-0.1, -0.05) is 36.4 Å². The van der Waals surface area contributed by atoms with Crippen molar-refractivity contribution in [3.63, 3.8) is 0 Å². The molecule has 2 saturated heterocycles. The third kappa shape index (κ3) is 3.90. The average Bonchev–Trinajstić information content (AvgIpc) is 3.05. The van der Waals surface area contributed by atoms with Crippen LogP contribution in [0.15, 0.2) is 58.2 Å². The molecule has 0 unspecified atom stereocenters. The molecule has 2 aromatic rings. The van der Waals surface area contributed by atoms with E-state index in [1.165, 1.54) is 0 Å². The minimum Gasteiger partial charge on any atom is -0.342 e. The summed E-state index contributed by atoms with van der Waals surface area (Å²) in [5, 5.41) is -0.339. The Hall–Kier alpha value is -3.13. The molecule has 0 N–H and O–H groups in total. The first-order valence-corrected chi connectivity index (χ1v) is 11.6. The number of imide groups is 1. The van der Waals surface area contributed by atoms with Crippen LogP contribution in [0.2, 0.25) is 0 Å². The fourth-order valence-corrected chi connectivity index (χ4v) is 5.72. The zero-order valence-electron chi connectivity index (χ0n) is 17.5. The number of benzene rings is 1. The molecule has 5 rings (SSSR count). The van der Waals surface area contributed by atoms with E-state index in [2.05, 4.69) is 0 Å². The quantitative estimate of drug-likeness (QED) is 0.671. The van der Waals surface area contributed by atoms with Gasteiger partial charge in [0.1, 0.15) is 0 Å². The molecule has 3 aliphatic heterocycles. The van der Waals surface area contributed by atoms with Gasteiger partial charge in [0.15, 0.2) is 0 Å². The number of aromatic nitrogens is 1. The largest absolute Gasteiger partial charge is 0.342 e. The highest BCUT2D eigenvalue weighted by Gasteiger charge is 2.38. The van der Waals surface area contributed by atoms with Crippen molar-refractivity contribution in [2.24, 2.45) is 5.92 Å². The molecule has 0 saturated carbocycles. The second kappa shape index (κ2) is 8.43. The lowest BCUT2D eigenvalue weighted by atomic mass is 9.83. The van der Waals surface area contributed by atoms with Crippen molar-refractivity contribution in [2.75, 3.05) is 19.6 Å². The predicted molar refractivity (Wildman–Crippen MR) is 122 cm³/mol. The van der Waals surface area contributed by atoms with Crippen LogP contribution in [0.4, 0.5) is 4.79 Å². The van der Waals surface area contributed by atoms with E-state index >= 15 is 0 Å². The van der Waals surface area contributed by atoms with E-state index in [4.69, 9.17) is 0 Å². The van der Waals surface area contributed by atoms with Crippen LogP contribution < -0.4 is 5.56 Å². The van der Waals surface area contributed by atoms with Gasteiger partial charge in [0.25, 0.3) is 16.7 Å². The second-order valence-corrected chi connectivity index (χ2v) is 9.48. The number of nitrogens with zero attached hydrogens (tertiary/aromatic N) is 3. The Morgan fingerprint density at radius 2 is 1.81 bits per heavy atom. The number of hydrogen-bond donors (Lipinski definition) is 0. The predicted octanol–water partition coefficient (Wildman–Crippen LogP) is 2.92. The van der Waals surface area contributed by atoms with Gasteiger partial charge in [0.05, 0.1) is 4.91 Å². The number of piperidine rings is 1. The zero-order chi connectivity index (χ0) is 22.2. The summed E-state index contributed by atoms with van der Waals surface area (Å²) in [6.07, 6.45) is 2.79. The van der Waals surface area contributed by atoms with Gasteiger partial charge in [0, 0.05) is 50.3 Å². The standard InChI is InChI=1S/C24H23N3O4S/c28-21(25-13-17-11-18(15-25)19-7-4-8-22(29)27(19)14-17)9-10-26-23(30)20(32-24(26)31)12-16-5-2-1-3-6-16/h1-8,12,17-18H,9-11,13-15H2/b20-12-/t17-,18-/m0/s1. The van der Waals surface area contributed by atoms with Gasteiger partial charge in [-0.3, -0.25) is 24.1 Å². The van der Waals surface area contributed by atoms with E-state index in [1.807, 2.05) is 45.9 Å². The number of rotatable bonds is 4. The van der Waals surface area contributed by atoms with E-state index < -0.39 is 0 Å². The molecule has 2 fully saturated rings. The molecule has 0 aliphatic carbocycles. The summed E-state index contributed by atoms with van der Waals surface area (Å²) in [5.41, 5.74) is 1.86. The number of pyridine rings is 1. The third-order valence-corrected chi connectivity index (χ3v) is 7.26. The number of thioether (sulfide) groups is 1. The van der Waals surface area contributed by atoms with Crippen LogP contribution in [-0.2, 0) is 16.1 Å². The Morgan fingerprint density at radius 1 is 1.00 bits per heavy atom. The van der Waals surface area contributed by atoms with Crippen molar-refractivity contribution in [1.29, 1.82) is 0 Å². The molecule has 4 heterocycles. The van der Waals surface area contributed by atoms with Gasteiger partial charge in [-0.2, -0.15) is 0 Å². The van der Waals surface area contributed by atoms with Gasteiger partial charge in [-0.05, 0) is 41.8 Å². The van der Waals surface area contributed by atoms with Crippen molar-refractivity contribution in [3.05, 3.63) is 75.0 Å². The molecule has 3 amide bonds. The first-order valence-electron chi connectivity index (χ1n) is 10.8. The van der Waals surface area contributed by atoms with E-state index in [0.29, 0.717) is 24.5 Å². The lowest BCUT2D eigenvalue weighted by molar-refractivity contribution is -0.134. The van der Waals surface area contributed by atoms with Gasteiger partial charge < -0.3 is 9.47 Å². The lowest BCUT2D eigenvalue weighted by Gasteiger charge is -2.42. The van der Waals surface area contributed by atoms with E-state index in [0.717, 1.165) is 34.3 Å². The molecule has 0 spiro atoms. The summed E-state index contributed by atoms with van der Waals surface area (Å²) < 4.78 is 1.83. The topological polar surface area (TPSA) is 79.7 Å². The number of hydrogen-bond acceptors (Lipinski definition) is 5. The summed E-state index contributed by atoms with van der Waals surface area (Å²) in [5.74, 6) is -0.0133. The van der Waals surface area contributed by atoms with E-state index in [1.54, 1.807) is 18.2 Å². The smallest absolute Gasteiger partial charge is 0.293 e. The SMILES string of the molecule is O=C(CCN1C(=O)S/C(=C\c2ccccc2)C1=O)N1C[C@@H]2C[C@@H](C1)c1cccc(=O)n1C2. The fourth-order valence-electron chi connectivity index (χ4n) is 4.86. The van der Waals surface area contributed by atoms with Crippen molar-refractivity contribution < 1.29 is 14.4 Å². The molecule has 3 aliphatic rings. The molecule has 8 heteroatoms. The molecule has 2 bridgehead atoms. The Balaban J connectivity index is 1.23. The van der Waals surface area contributed by atoms with Crippen LogP contribution in [-0.4, -0.2) is 51.1 Å². The summed E-state index contributed by atoms with van der Waals surface area (Å²) in [7, 11) is 0. The van der Waals surface area contributed by atoms with Crippen LogP contribution in [0.3, 0.4) is 0 Å². The number of likely N-dealkylation sites (tertiary alicyclic amines) is 1. The number of carbonyl (C=O) groups excluding carboxylic acids is 3. The van der Waals surface area contributed by atoms with Gasteiger partial charge in [-0.25, -0.2) is 0 Å². The molecule has 0 radical (unpaired) electrons. The molecule has 32 heavy (non-hydrogen) atoms. The Bertz CT molecular complexity index is 1170. The van der Waals surface area contributed by atoms with Crippen molar-refractivity contribution in [1.82, 2.24) is 14.4 Å². The monoisotopic (exact) mass is 449 g/mol. The van der Waals surface area contributed by atoms with Crippen LogP contribution in [0, 0.1) is 5.92 Å². The third-order valence-electron chi connectivity index (χ3n) is 6.35. The highest BCUT2D eigenvalue weighted by Crippen LogP contribution is 2.36. The molecule has 1 aromatic carbocycles. The van der Waals surface area contributed by atoms with Gasteiger partial charge in [-0.15, -0.1) is 0 Å². The number of amides is 3. The van der Waals surface area contributed by atoms with Crippen LogP contribution >= 0.6 is 11.8 Å². The second-order valence-electron chi connectivity index (χ2n) is 8.49. The molecular formula is C24H23N3O4S. The summed E-state index contributed by atoms with van der Waals surface area (Å²) in [6.45, 7) is 1.88. The number of carbonyl (C=O) groups is 3. The highest BCUT2D eigenvalue weighted by atomic mass is 32.2. The molecule has 1 aromatic heterocycles. The van der Waals surface area contributed by atoms with E-state index in [-0.39, 0.29) is 47.4 Å². The number of fused-ring (bicyclic) bond motifs is 4. The highest BCUT2D eigenvalue weighted by molar-refractivity contribution is 8.18. The molecule has 164 valence electrons. The van der Waals surface area contributed by atoms with Crippen LogP contribution in [0.25, 0.3) is 6.08 Å². The normalized spacial score (nSPS) is 23.6. The lowest BCUT2D eigenvalue weighted by Crippen LogP contribution is -2.49. The Labute approximate surface area is 189 Å². The zero-order valence-corrected chi connectivity index (χ0v) is 18.3. The van der Waals surface area contributed by atoms with Crippen LogP contribution in [0.1, 0.15) is 30.0 Å².